The third kappa shape index (κ3) is 4.45. The number of pyridine rings is 1. The summed E-state index contributed by atoms with van der Waals surface area (Å²) in [5.41, 5.74) is -1.53. The zero-order valence-electron chi connectivity index (χ0n) is 16.0. The highest BCUT2D eigenvalue weighted by Crippen LogP contribution is 2.35. The number of hydrogen-bond acceptors (Lipinski definition) is 5. The van der Waals surface area contributed by atoms with Crippen molar-refractivity contribution in [3.05, 3.63) is 29.6 Å². The maximum Gasteiger partial charge on any atom is 0.433 e. The van der Waals surface area contributed by atoms with Gasteiger partial charge in [0.2, 0.25) is 0 Å². The molecule has 6 nitrogen and oxygen atoms in total. The lowest BCUT2D eigenvalue weighted by Crippen LogP contribution is -2.60. The first-order valence-corrected chi connectivity index (χ1v) is 9.12. The van der Waals surface area contributed by atoms with Crippen LogP contribution in [-0.2, 0) is 15.7 Å². The van der Waals surface area contributed by atoms with E-state index in [1.54, 1.807) is 25.7 Å². The Bertz CT molecular complexity index is 729. The fraction of sp³-hybridized carbons (Fsp3) is 0.632. The van der Waals surface area contributed by atoms with Gasteiger partial charge in [0.15, 0.2) is 5.78 Å². The first kappa shape index (κ1) is 20.6. The van der Waals surface area contributed by atoms with Crippen LogP contribution in [0.2, 0.25) is 0 Å². The monoisotopic (exact) mass is 400 g/mol. The van der Waals surface area contributed by atoms with Crippen molar-refractivity contribution >= 4 is 11.9 Å². The molecule has 2 aliphatic rings. The van der Waals surface area contributed by atoms with Crippen LogP contribution in [0.4, 0.5) is 18.0 Å². The summed E-state index contributed by atoms with van der Waals surface area (Å²) in [6.07, 6.45) is -3.27. The number of rotatable bonds is 2. The zero-order valence-corrected chi connectivity index (χ0v) is 16.0. The van der Waals surface area contributed by atoms with Crippen molar-refractivity contribution in [3.63, 3.8) is 0 Å². The second-order valence-electron chi connectivity index (χ2n) is 8.20. The number of morpholine rings is 1. The van der Waals surface area contributed by atoms with Crippen molar-refractivity contribution in [1.82, 2.24) is 9.88 Å². The minimum Gasteiger partial charge on any atom is -0.444 e. The number of Topliss-reactive ketones (excluding diaryl/α,β-unsaturated/α-hetero) is 1. The molecule has 1 aromatic rings. The summed E-state index contributed by atoms with van der Waals surface area (Å²) in [6.45, 7) is 5.94. The van der Waals surface area contributed by atoms with Gasteiger partial charge in [0, 0.05) is 17.7 Å². The number of carbonyl (C=O) groups is 2. The summed E-state index contributed by atoms with van der Waals surface area (Å²) in [6, 6.07) is 1.36. The highest BCUT2D eigenvalue weighted by atomic mass is 19.4. The van der Waals surface area contributed by atoms with Crippen molar-refractivity contribution in [2.45, 2.75) is 57.5 Å². The maximum atomic E-state index is 12.8. The topological polar surface area (TPSA) is 68.7 Å². The Morgan fingerprint density at radius 2 is 1.75 bits per heavy atom. The number of hydrogen-bond donors (Lipinski definition) is 0. The van der Waals surface area contributed by atoms with E-state index in [1.165, 1.54) is 0 Å². The van der Waals surface area contributed by atoms with Crippen molar-refractivity contribution in [2.24, 2.45) is 5.92 Å². The molecule has 2 unspecified atom stereocenters. The number of alkyl halides is 3. The molecule has 28 heavy (non-hydrogen) atoms. The Kier molecular flexibility index (Phi) is 5.40. The van der Waals surface area contributed by atoms with E-state index >= 15 is 0 Å². The first-order valence-electron chi connectivity index (χ1n) is 9.12. The van der Waals surface area contributed by atoms with Gasteiger partial charge in [-0.3, -0.25) is 14.7 Å². The third-order valence-corrected chi connectivity index (χ3v) is 4.83. The summed E-state index contributed by atoms with van der Waals surface area (Å²) in [4.78, 5) is 30.4. The van der Waals surface area contributed by atoms with E-state index in [9.17, 15) is 22.8 Å². The Labute approximate surface area is 161 Å². The number of fused-ring (bicyclic) bond motifs is 2. The number of ketones is 1. The fourth-order valence-electron chi connectivity index (χ4n) is 3.69. The molecular weight excluding hydrogens is 377 g/mol. The molecule has 2 saturated heterocycles. The molecule has 1 amide bonds. The van der Waals surface area contributed by atoms with Crippen LogP contribution in [0.5, 0.6) is 0 Å². The minimum atomic E-state index is -4.55. The Morgan fingerprint density at radius 1 is 1.14 bits per heavy atom. The number of ether oxygens (including phenoxy) is 2. The molecular formula is C19H23F3N2O4. The van der Waals surface area contributed by atoms with Crippen LogP contribution < -0.4 is 0 Å². The Balaban J connectivity index is 1.73. The van der Waals surface area contributed by atoms with E-state index in [2.05, 4.69) is 4.98 Å². The second kappa shape index (κ2) is 7.35. The smallest absolute Gasteiger partial charge is 0.433 e. The molecule has 0 radical (unpaired) electrons. The van der Waals surface area contributed by atoms with E-state index in [0.29, 0.717) is 26.1 Å². The van der Waals surface area contributed by atoms with Gasteiger partial charge >= 0.3 is 12.3 Å². The lowest BCUT2D eigenvalue weighted by atomic mass is 9.81. The average molecular weight is 400 g/mol. The lowest BCUT2D eigenvalue weighted by molar-refractivity contribution is -0.141. The second-order valence-corrected chi connectivity index (χ2v) is 8.20. The summed E-state index contributed by atoms with van der Waals surface area (Å²) in [5, 5.41) is 0. The van der Waals surface area contributed by atoms with E-state index in [1.807, 2.05) is 0 Å². The number of piperidine rings is 1. The average Bonchev–Trinajstić information content (AvgIpc) is 2.57. The Hall–Kier alpha value is -2.16. The summed E-state index contributed by atoms with van der Waals surface area (Å²) in [7, 11) is 0. The molecule has 3 heterocycles. The van der Waals surface area contributed by atoms with Gasteiger partial charge in [-0.2, -0.15) is 13.2 Å². The van der Waals surface area contributed by atoms with Gasteiger partial charge < -0.3 is 9.47 Å². The van der Waals surface area contributed by atoms with Crippen LogP contribution >= 0.6 is 0 Å². The largest absolute Gasteiger partial charge is 0.444 e. The predicted molar refractivity (Wildman–Crippen MR) is 92.8 cm³/mol. The molecule has 0 aromatic carbocycles. The molecule has 3 rings (SSSR count). The molecule has 9 heteroatoms. The quantitative estimate of drug-likeness (QED) is 0.708. The summed E-state index contributed by atoms with van der Waals surface area (Å²) < 4.78 is 49.0. The van der Waals surface area contributed by atoms with Crippen molar-refractivity contribution in [1.29, 1.82) is 0 Å². The van der Waals surface area contributed by atoms with E-state index in [4.69, 9.17) is 9.47 Å². The third-order valence-electron chi connectivity index (χ3n) is 4.83. The van der Waals surface area contributed by atoms with Gasteiger partial charge in [-0.05, 0) is 45.7 Å². The number of nitrogens with zero attached hydrogens (tertiary/aromatic N) is 2. The molecule has 2 aliphatic heterocycles. The van der Waals surface area contributed by atoms with Crippen molar-refractivity contribution < 1.29 is 32.2 Å². The normalized spacial score (nSPS) is 25.4. The van der Waals surface area contributed by atoms with Gasteiger partial charge in [-0.25, -0.2) is 4.79 Å². The van der Waals surface area contributed by atoms with E-state index < -0.39 is 29.5 Å². The van der Waals surface area contributed by atoms with Crippen LogP contribution in [0.25, 0.3) is 0 Å². The van der Waals surface area contributed by atoms with Crippen LogP contribution in [0.15, 0.2) is 18.3 Å². The summed E-state index contributed by atoms with van der Waals surface area (Å²) in [5.74, 6) is -0.668. The number of halogens is 3. The van der Waals surface area contributed by atoms with Gasteiger partial charge in [0.05, 0.1) is 25.3 Å². The molecule has 2 fully saturated rings. The zero-order chi connectivity index (χ0) is 20.7. The fourth-order valence-corrected chi connectivity index (χ4v) is 3.69. The molecule has 0 saturated carbocycles. The van der Waals surface area contributed by atoms with E-state index in [-0.39, 0.29) is 23.4 Å². The van der Waals surface area contributed by atoms with Gasteiger partial charge in [0.1, 0.15) is 11.3 Å². The van der Waals surface area contributed by atoms with Gasteiger partial charge in [-0.15, -0.1) is 0 Å². The van der Waals surface area contributed by atoms with Crippen LogP contribution in [-0.4, -0.2) is 52.7 Å². The Morgan fingerprint density at radius 3 is 2.21 bits per heavy atom. The standard InChI is InChI=1S/C19H23F3N2O4/c1-18(2,3)28-17(26)24-13-6-12(7-14(24)10-27-9-13)16(25)11-4-5-15(23-8-11)19(20,21)22/h4-5,8,12-14H,6-7,9-10H2,1-3H3. The lowest BCUT2D eigenvalue weighted by Gasteiger charge is -2.47. The highest BCUT2D eigenvalue weighted by molar-refractivity contribution is 5.97. The van der Waals surface area contributed by atoms with E-state index in [0.717, 1.165) is 18.3 Å². The van der Waals surface area contributed by atoms with Gasteiger partial charge in [0.25, 0.3) is 0 Å². The minimum absolute atomic E-state index is 0.141. The molecule has 0 aliphatic carbocycles. The number of carbonyl (C=O) groups excluding carboxylic acids is 2. The molecule has 2 bridgehead atoms. The highest BCUT2D eigenvalue weighted by Gasteiger charge is 2.45. The molecule has 154 valence electrons. The maximum absolute atomic E-state index is 12.8. The van der Waals surface area contributed by atoms with Gasteiger partial charge in [-0.1, -0.05) is 0 Å². The molecule has 0 N–H and O–H groups in total. The van der Waals surface area contributed by atoms with Crippen LogP contribution in [0, 0.1) is 5.92 Å². The molecule has 1 aromatic heterocycles. The first-order chi connectivity index (χ1) is 13.0. The summed E-state index contributed by atoms with van der Waals surface area (Å²) >= 11 is 0. The molecule has 0 spiro atoms. The predicted octanol–water partition coefficient (Wildman–Crippen LogP) is 3.70. The van der Waals surface area contributed by atoms with Crippen LogP contribution in [0.1, 0.15) is 49.7 Å². The molecule has 2 atom stereocenters. The van der Waals surface area contributed by atoms with Crippen LogP contribution in [0.3, 0.4) is 0 Å². The number of aromatic nitrogens is 1. The van der Waals surface area contributed by atoms with Crippen molar-refractivity contribution in [2.75, 3.05) is 13.2 Å². The SMILES string of the molecule is CC(C)(C)OC(=O)N1C2COCC1CC(C(=O)c1ccc(C(F)(F)F)nc1)C2. The van der Waals surface area contributed by atoms with Crippen molar-refractivity contribution in [3.8, 4) is 0 Å². The number of amides is 1.